The number of hydrogen-bond acceptors (Lipinski definition) is 2. The van der Waals surface area contributed by atoms with E-state index in [4.69, 9.17) is 5.73 Å². The zero-order valence-corrected chi connectivity index (χ0v) is 12.9. The molecule has 1 atom stereocenters. The van der Waals surface area contributed by atoms with Crippen molar-refractivity contribution in [2.75, 3.05) is 11.9 Å². The van der Waals surface area contributed by atoms with Crippen LogP contribution >= 0.6 is 15.9 Å². The fraction of sp³-hybridized carbons (Fsp3) is 0.600. The molecule has 1 aliphatic carbocycles. The van der Waals surface area contributed by atoms with Crippen molar-refractivity contribution in [2.24, 2.45) is 11.1 Å². The van der Waals surface area contributed by atoms with E-state index in [2.05, 4.69) is 53.3 Å². The van der Waals surface area contributed by atoms with Crippen molar-refractivity contribution in [3.8, 4) is 0 Å². The molecule has 0 aliphatic heterocycles. The van der Waals surface area contributed by atoms with Crippen LogP contribution in [0.5, 0.6) is 0 Å². The summed E-state index contributed by atoms with van der Waals surface area (Å²) in [6.07, 6.45) is 4.96. The molecule has 1 aromatic carbocycles. The standard InChI is InChI=1S/C15H23BrN2/c1-14(2)9-5-6-10-15(14,11-17)18-13-8-4-3-7-12(13)16/h3-4,7-8,18H,5-6,9-11,17H2,1-2H3. The van der Waals surface area contributed by atoms with E-state index in [-0.39, 0.29) is 11.0 Å². The first-order chi connectivity index (χ1) is 8.51. The molecule has 3 N–H and O–H groups in total. The Balaban J connectivity index is 2.30. The molecule has 3 heteroatoms. The predicted octanol–water partition coefficient (Wildman–Crippen LogP) is 4.16. The van der Waals surface area contributed by atoms with E-state index in [0.29, 0.717) is 6.54 Å². The van der Waals surface area contributed by atoms with Crippen LogP contribution in [0.2, 0.25) is 0 Å². The first kappa shape index (κ1) is 13.9. The molecule has 100 valence electrons. The second-order valence-electron chi connectivity index (χ2n) is 5.98. The third kappa shape index (κ3) is 2.43. The van der Waals surface area contributed by atoms with Gasteiger partial charge in [-0.15, -0.1) is 0 Å². The summed E-state index contributed by atoms with van der Waals surface area (Å²) in [7, 11) is 0. The Morgan fingerprint density at radius 3 is 2.50 bits per heavy atom. The number of hydrogen-bond donors (Lipinski definition) is 2. The summed E-state index contributed by atoms with van der Waals surface area (Å²) in [6, 6.07) is 8.29. The summed E-state index contributed by atoms with van der Waals surface area (Å²) in [4.78, 5) is 0. The zero-order chi connectivity index (χ0) is 13.2. The predicted molar refractivity (Wildman–Crippen MR) is 81.8 cm³/mol. The number of rotatable bonds is 3. The van der Waals surface area contributed by atoms with Gasteiger partial charge in [0.2, 0.25) is 0 Å². The molecule has 0 radical (unpaired) electrons. The quantitative estimate of drug-likeness (QED) is 0.879. The molecule has 2 nitrogen and oxygen atoms in total. The van der Waals surface area contributed by atoms with E-state index >= 15 is 0 Å². The Morgan fingerprint density at radius 2 is 1.89 bits per heavy atom. The molecule has 2 rings (SSSR count). The largest absolute Gasteiger partial charge is 0.377 e. The van der Waals surface area contributed by atoms with Gasteiger partial charge < -0.3 is 11.1 Å². The number of nitrogens with two attached hydrogens (primary N) is 1. The Kier molecular flexibility index (Phi) is 4.02. The van der Waals surface area contributed by atoms with Crippen LogP contribution in [0.3, 0.4) is 0 Å². The number of halogens is 1. The summed E-state index contributed by atoms with van der Waals surface area (Å²) in [6.45, 7) is 5.35. The Hall–Kier alpha value is -0.540. The Morgan fingerprint density at radius 1 is 1.22 bits per heavy atom. The lowest BCUT2D eigenvalue weighted by atomic mass is 9.63. The molecular formula is C15H23BrN2. The summed E-state index contributed by atoms with van der Waals surface area (Å²) >= 11 is 3.61. The highest BCUT2D eigenvalue weighted by atomic mass is 79.9. The Bertz CT molecular complexity index is 417. The van der Waals surface area contributed by atoms with Crippen LogP contribution in [-0.4, -0.2) is 12.1 Å². The van der Waals surface area contributed by atoms with Crippen LogP contribution in [0.15, 0.2) is 28.7 Å². The van der Waals surface area contributed by atoms with Crippen molar-refractivity contribution in [3.63, 3.8) is 0 Å². The SMILES string of the molecule is CC1(C)CCCCC1(CN)Nc1ccccc1Br. The van der Waals surface area contributed by atoms with Gasteiger partial charge in [-0.05, 0) is 46.3 Å². The van der Waals surface area contributed by atoms with Gasteiger partial charge in [0.05, 0.1) is 5.54 Å². The smallest absolute Gasteiger partial charge is 0.0546 e. The van der Waals surface area contributed by atoms with Gasteiger partial charge in [-0.1, -0.05) is 38.8 Å². The fourth-order valence-corrected chi connectivity index (χ4v) is 3.44. The monoisotopic (exact) mass is 310 g/mol. The molecule has 0 heterocycles. The van der Waals surface area contributed by atoms with Crippen molar-refractivity contribution in [2.45, 2.75) is 45.1 Å². The van der Waals surface area contributed by atoms with Crippen molar-refractivity contribution in [1.82, 2.24) is 0 Å². The summed E-state index contributed by atoms with van der Waals surface area (Å²) in [5.41, 5.74) is 7.53. The van der Waals surface area contributed by atoms with Crippen LogP contribution in [0.1, 0.15) is 39.5 Å². The van der Waals surface area contributed by atoms with Gasteiger partial charge >= 0.3 is 0 Å². The van der Waals surface area contributed by atoms with Crippen LogP contribution in [-0.2, 0) is 0 Å². The minimum atomic E-state index is 0.00905. The molecule has 0 amide bonds. The van der Waals surface area contributed by atoms with E-state index in [1.165, 1.54) is 19.3 Å². The lowest BCUT2D eigenvalue weighted by Gasteiger charge is -2.51. The number of nitrogens with one attached hydrogen (secondary N) is 1. The van der Waals surface area contributed by atoms with Crippen LogP contribution in [0.4, 0.5) is 5.69 Å². The first-order valence-electron chi connectivity index (χ1n) is 6.74. The molecule has 1 saturated carbocycles. The van der Waals surface area contributed by atoms with E-state index in [1.54, 1.807) is 0 Å². The second kappa shape index (κ2) is 5.22. The number of anilines is 1. The summed E-state index contributed by atoms with van der Waals surface area (Å²) in [5, 5.41) is 3.73. The average Bonchev–Trinajstić information content (AvgIpc) is 2.34. The fourth-order valence-electron chi connectivity index (χ4n) is 3.05. The van der Waals surface area contributed by atoms with Crippen molar-refractivity contribution < 1.29 is 0 Å². The molecular weight excluding hydrogens is 288 g/mol. The number of benzene rings is 1. The topological polar surface area (TPSA) is 38.0 Å². The van der Waals surface area contributed by atoms with Crippen LogP contribution in [0, 0.1) is 5.41 Å². The minimum Gasteiger partial charge on any atom is -0.377 e. The van der Waals surface area contributed by atoms with Gasteiger partial charge in [0, 0.05) is 16.7 Å². The highest BCUT2D eigenvalue weighted by Gasteiger charge is 2.45. The average molecular weight is 311 g/mol. The molecule has 1 aromatic rings. The van der Waals surface area contributed by atoms with Gasteiger partial charge in [-0.3, -0.25) is 0 Å². The van der Waals surface area contributed by atoms with Crippen molar-refractivity contribution in [1.29, 1.82) is 0 Å². The summed E-state index contributed by atoms with van der Waals surface area (Å²) < 4.78 is 1.11. The third-order valence-electron chi connectivity index (χ3n) is 4.55. The minimum absolute atomic E-state index is 0.00905. The third-order valence-corrected chi connectivity index (χ3v) is 5.24. The van der Waals surface area contributed by atoms with Gasteiger partial charge in [0.15, 0.2) is 0 Å². The highest BCUT2D eigenvalue weighted by Crippen LogP contribution is 2.45. The maximum Gasteiger partial charge on any atom is 0.0546 e. The molecule has 1 aliphatic rings. The van der Waals surface area contributed by atoms with Crippen LogP contribution in [0.25, 0.3) is 0 Å². The Labute approximate surface area is 118 Å². The maximum absolute atomic E-state index is 6.13. The normalized spacial score (nSPS) is 26.9. The van der Waals surface area contributed by atoms with Gasteiger partial charge in [0.1, 0.15) is 0 Å². The lowest BCUT2D eigenvalue weighted by Crippen LogP contribution is -2.58. The highest BCUT2D eigenvalue weighted by molar-refractivity contribution is 9.10. The van der Waals surface area contributed by atoms with E-state index < -0.39 is 0 Å². The molecule has 1 fully saturated rings. The maximum atomic E-state index is 6.13. The summed E-state index contributed by atoms with van der Waals surface area (Å²) in [5.74, 6) is 0. The van der Waals surface area contributed by atoms with Crippen LogP contribution < -0.4 is 11.1 Å². The molecule has 18 heavy (non-hydrogen) atoms. The molecule has 0 saturated heterocycles. The van der Waals surface area contributed by atoms with Crippen molar-refractivity contribution in [3.05, 3.63) is 28.7 Å². The second-order valence-corrected chi connectivity index (χ2v) is 6.84. The van der Waals surface area contributed by atoms with Gasteiger partial charge in [-0.2, -0.15) is 0 Å². The van der Waals surface area contributed by atoms with Gasteiger partial charge in [-0.25, -0.2) is 0 Å². The lowest BCUT2D eigenvalue weighted by molar-refractivity contribution is 0.125. The first-order valence-corrected chi connectivity index (χ1v) is 7.53. The molecule has 0 aromatic heterocycles. The number of para-hydroxylation sites is 1. The zero-order valence-electron chi connectivity index (χ0n) is 11.3. The van der Waals surface area contributed by atoms with E-state index in [1.807, 2.05) is 6.07 Å². The molecule has 1 unspecified atom stereocenters. The van der Waals surface area contributed by atoms with Crippen molar-refractivity contribution >= 4 is 21.6 Å². The molecule has 0 spiro atoms. The van der Waals surface area contributed by atoms with E-state index in [9.17, 15) is 0 Å². The molecule has 0 bridgehead atoms. The van der Waals surface area contributed by atoms with E-state index in [0.717, 1.165) is 16.6 Å². The van der Waals surface area contributed by atoms with Gasteiger partial charge in [0.25, 0.3) is 0 Å².